The molecule has 1 fully saturated rings. The molecular formula is C18H21FN4O2. The van der Waals surface area contributed by atoms with Crippen LogP contribution in [-0.4, -0.2) is 40.7 Å². The smallest absolute Gasteiger partial charge is 0.306 e. The van der Waals surface area contributed by atoms with Gasteiger partial charge in [0, 0.05) is 25.8 Å². The largest absolute Gasteiger partial charge is 0.481 e. The van der Waals surface area contributed by atoms with Crippen LogP contribution in [0.4, 0.5) is 16.2 Å². The molecule has 2 N–H and O–H groups in total. The van der Waals surface area contributed by atoms with Gasteiger partial charge in [0.15, 0.2) is 0 Å². The molecule has 6 nitrogen and oxygen atoms in total. The number of carboxylic acid groups (broad SMARTS) is 1. The fourth-order valence-electron chi connectivity index (χ4n) is 2.94. The van der Waals surface area contributed by atoms with Gasteiger partial charge in [-0.3, -0.25) is 4.79 Å². The van der Waals surface area contributed by atoms with E-state index in [0.29, 0.717) is 38.4 Å². The number of carbonyl (C=O) groups is 1. The van der Waals surface area contributed by atoms with Crippen molar-refractivity contribution in [2.45, 2.75) is 19.3 Å². The highest BCUT2D eigenvalue weighted by Crippen LogP contribution is 2.22. The first-order valence-electron chi connectivity index (χ1n) is 8.41. The summed E-state index contributed by atoms with van der Waals surface area (Å²) >= 11 is 0. The minimum Gasteiger partial charge on any atom is -0.481 e. The van der Waals surface area contributed by atoms with E-state index in [1.54, 1.807) is 18.3 Å². The van der Waals surface area contributed by atoms with Gasteiger partial charge >= 0.3 is 5.97 Å². The quantitative estimate of drug-likeness (QED) is 0.839. The average molecular weight is 344 g/mol. The molecule has 2 heterocycles. The zero-order chi connectivity index (χ0) is 17.6. The molecule has 0 saturated carbocycles. The zero-order valence-electron chi connectivity index (χ0n) is 13.9. The van der Waals surface area contributed by atoms with Crippen molar-refractivity contribution in [1.82, 2.24) is 9.97 Å². The van der Waals surface area contributed by atoms with E-state index in [4.69, 9.17) is 5.11 Å². The van der Waals surface area contributed by atoms with Crippen molar-refractivity contribution in [3.8, 4) is 0 Å². The van der Waals surface area contributed by atoms with Crippen LogP contribution in [0.5, 0.6) is 0 Å². The van der Waals surface area contributed by atoms with Gasteiger partial charge in [0.2, 0.25) is 5.95 Å². The number of anilines is 2. The number of carboxylic acids is 1. The number of hydrogen-bond acceptors (Lipinski definition) is 5. The minimum atomic E-state index is -0.717. The van der Waals surface area contributed by atoms with Crippen LogP contribution in [0.25, 0.3) is 0 Å². The van der Waals surface area contributed by atoms with Crippen molar-refractivity contribution >= 4 is 17.7 Å². The number of aliphatic carboxylic acids is 1. The lowest BCUT2D eigenvalue weighted by Gasteiger charge is -2.31. The molecule has 0 bridgehead atoms. The summed E-state index contributed by atoms with van der Waals surface area (Å²) in [7, 11) is 0. The highest BCUT2D eigenvalue weighted by atomic mass is 19.1. The lowest BCUT2D eigenvalue weighted by atomic mass is 9.97. The Morgan fingerprint density at radius 2 is 1.96 bits per heavy atom. The molecule has 7 heteroatoms. The van der Waals surface area contributed by atoms with E-state index in [9.17, 15) is 9.18 Å². The summed E-state index contributed by atoms with van der Waals surface area (Å²) in [6, 6.07) is 8.27. The molecule has 1 saturated heterocycles. The molecule has 1 aliphatic rings. The molecule has 0 unspecified atom stereocenters. The summed E-state index contributed by atoms with van der Waals surface area (Å²) in [6.07, 6.45) is 3.71. The third-order valence-electron chi connectivity index (χ3n) is 4.42. The second-order valence-electron chi connectivity index (χ2n) is 6.14. The first-order chi connectivity index (χ1) is 12.1. The molecule has 0 radical (unpaired) electrons. The molecular weight excluding hydrogens is 323 g/mol. The van der Waals surface area contributed by atoms with Crippen molar-refractivity contribution in [2.75, 3.05) is 29.9 Å². The second kappa shape index (κ2) is 7.92. The molecule has 3 rings (SSSR count). The Kier molecular flexibility index (Phi) is 5.42. The van der Waals surface area contributed by atoms with E-state index in [0.717, 1.165) is 17.8 Å². The lowest BCUT2D eigenvalue weighted by Crippen LogP contribution is -2.36. The zero-order valence-corrected chi connectivity index (χ0v) is 13.9. The van der Waals surface area contributed by atoms with Crippen LogP contribution in [0.3, 0.4) is 0 Å². The van der Waals surface area contributed by atoms with E-state index in [1.165, 1.54) is 12.1 Å². The summed E-state index contributed by atoms with van der Waals surface area (Å²) in [5, 5.41) is 12.2. The summed E-state index contributed by atoms with van der Waals surface area (Å²) in [5.41, 5.74) is 1.04. The van der Waals surface area contributed by atoms with Gasteiger partial charge in [-0.05, 0) is 43.0 Å². The summed E-state index contributed by atoms with van der Waals surface area (Å²) in [6.45, 7) is 2.02. The Bertz CT molecular complexity index is 715. The van der Waals surface area contributed by atoms with Crippen LogP contribution in [0.15, 0.2) is 36.5 Å². The summed E-state index contributed by atoms with van der Waals surface area (Å²) < 4.78 is 12.9. The van der Waals surface area contributed by atoms with E-state index >= 15 is 0 Å². The SMILES string of the molecule is O=C(O)C1CCN(c2ccnc(NCCc3ccc(F)cc3)n2)CC1. The van der Waals surface area contributed by atoms with Gasteiger partial charge in [-0.25, -0.2) is 9.37 Å². The van der Waals surface area contributed by atoms with Gasteiger partial charge in [0.25, 0.3) is 0 Å². The number of benzene rings is 1. The first kappa shape index (κ1) is 17.1. The molecule has 2 aromatic rings. The van der Waals surface area contributed by atoms with Gasteiger partial charge in [-0.15, -0.1) is 0 Å². The molecule has 1 aromatic heterocycles. The number of hydrogen-bond donors (Lipinski definition) is 2. The van der Waals surface area contributed by atoms with Crippen LogP contribution < -0.4 is 10.2 Å². The maximum Gasteiger partial charge on any atom is 0.306 e. The molecule has 1 aromatic carbocycles. The Hall–Kier alpha value is -2.70. The first-order valence-corrected chi connectivity index (χ1v) is 8.41. The highest BCUT2D eigenvalue weighted by Gasteiger charge is 2.25. The van der Waals surface area contributed by atoms with Crippen LogP contribution >= 0.6 is 0 Å². The Balaban J connectivity index is 1.53. The van der Waals surface area contributed by atoms with Crippen molar-refractivity contribution in [3.05, 3.63) is 47.9 Å². The predicted octanol–water partition coefficient (Wildman–Crippen LogP) is 2.57. The number of nitrogens with one attached hydrogen (secondary N) is 1. The summed E-state index contributed by atoms with van der Waals surface area (Å²) in [4.78, 5) is 21.8. The van der Waals surface area contributed by atoms with Crippen LogP contribution in [0.2, 0.25) is 0 Å². The number of halogens is 1. The van der Waals surface area contributed by atoms with E-state index < -0.39 is 5.97 Å². The third-order valence-corrected chi connectivity index (χ3v) is 4.42. The Morgan fingerprint density at radius 1 is 1.24 bits per heavy atom. The number of aromatic nitrogens is 2. The fraction of sp³-hybridized carbons (Fsp3) is 0.389. The molecule has 0 atom stereocenters. The van der Waals surface area contributed by atoms with Gasteiger partial charge in [-0.1, -0.05) is 12.1 Å². The van der Waals surface area contributed by atoms with Crippen LogP contribution in [-0.2, 0) is 11.2 Å². The fourth-order valence-corrected chi connectivity index (χ4v) is 2.94. The maximum absolute atomic E-state index is 12.9. The lowest BCUT2D eigenvalue weighted by molar-refractivity contribution is -0.142. The number of nitrogens with zero attached hydrogens (tertiary/aromatic N) is 3. The average Bonchev–Trinajstić information content (AvgIpc) is 2.64. The van der Waals surface area contributed by atoms with Crippen molar-refractivity contribution in [1.29, 1.82) is 0 Å². The van der Waals surface area contributed by atoms with Gasteiger partial charge < -0.3 is 15.3 Å². The van der Waals surface area contributed by atoms with Crippen molar-refractivity contribution < 1.29 is 14.3 Å². The molecule has 25 heavy (non-hydrogen) atoms. The van der Waals surface area contributed by atoms with Gasteiger partial charge in [-0.2, -0.15) is 4.98 Å². The third kappa shape index (κ3) is 4.65. The molecule has 132 valence electrons. The highest BCUT2D eigenvalue weighted by molar-refractivity contribution is 5.70. The minimum absolute atomic E-state index is 0.237. The van der Waals surface area contributed by atoms with Crippen LogP contribution in [0.1, 0.15) is 18.4 Å². The normalized spacial score (nSPS) is 15.2. The second-order valence-corrected chi connectivity index (χ2v) is 6.14. The summed E-state index contributed by atoms with van der Waals surface area (Å²) in [5.74, 6) is 0.138. The molecule has 0 amide bonds. The van der Waals surface area contributed by atoms with E-state index in [-0.39, 0.29) is 11.7 Å². The van der Waals surface area contributed by atoms with Crippen molar-refractivity contribution in [3.63, 3.8) is 0 Å². The molecule has 0 spiro atoms. The topological polar surface area (TPSA) is 78.3 Å². The standard InChI is InChI=1S/C18H21FN4O2/c19-15-3-1-13(2-4-15)5-9-20-18-21-10-6-16(22-18)23-11-7-14(8-12-23)17(24)25/h1-4,6,10,14H,5,7-9,11-12H2,(H,24,25)(H,20,21,22). The van der Waals surface area contributed by atoms with E-state index in [1.807, 2.05) is 6.07 Å². The monoisotopic (exact) mass is 344 g/mol. The Morgan fingerprint density at radius 3 is 2.64 bits per heavy atom. The molecule has 0 aliphatic carbocycles. The number of rotatable bonds is 6. The number of piperidine rings is 1. The van der Waals surface area contributed by atoms with Crippen LogP contribution in [0, 0.1) is 11.7 Å². The van der Waals surface area contributed by atoms with Gasteiger partial charge in [0.05, 0.1) is 5.92 Å². The van der Waals surface area contributed by atoms with E-state index in [2.05, 4.69) is 20.2 Å². The Labute approximate surface area is 145 Å². The van der Waals surface area contributed by atoms with Gasteiger partial charge in [0.1, 0.15) is 11.6 Å². The molecule has 1 aliphatic heterocycles. The van der Waals surface area contributed by atoms with Crippen molar-refractivity contribution in [2.24, 2.45) is 5.92 Å². The predicted molar refractivity (Wildman–Crippen MR) is 93.2 cm³/mol. The maximum atomic E-state index is 12.9.